The Morgan fingerprint density at radius 3 is 2.29 bits per heavy atom. The molecule has 0 fully saturated rings. The predicted molar refractivity (Wildman–Crippen MR) is 75.8 cm³/mol. The minimum absolute atomic E-state index is 0.0931. The van der Waals surface area contributed by atoms with Crippen molar-refractivity contribution in [2.24, 2.45) is 0 Å². The molecular formula is C14H25NOS. The van der Waals surface area contributed by atoms with Gasteiger partial charge in [0, 0.05) is 30.0 Å². The van der Waals surface area contributed by atoms with Gasteiger partial charge in [0.1, 0.15) is 0 Å². The van der Waals surface area contributed by atoms with Gasteiger partial charge in [-0.05, 0) is 31.4 Å². The van der Waals surface area contributed by atoms with E-state index in [2.05, 4.69) is 52.1 Å². The van der Waals surface area contributed by atoms with E-state index in [1.54, 1.807) is 7.11 Å². The van der Waals surface area contributed by atoms with E-state index in [1.165, 1.54) is 9.75 Å². The fraction of sp³-hybridized carbons (Fsp3) is 0.714. The van der Waals surface area contributed by atoms with Crippen LogP contribution in [0.2, 0.25) is 0 Å². The van der Waals surface area contributed by atoms with E-state index >= 15 is 0 Å². The molecule has 1 N–H and O–H groups in total. The summed E-state index contributed by atoms with van der Waals surface area (Å²) >= 11 is 1.89. The summed E-state index contributed by atoms with van der Waals surface area (Å²) in [7, 11) is 1.75. The number of thiophene rings is 1. The summed E-state index contributed by atoms with van der Waals surface area (Å²) in [5.41, 5.74) is 0.166. The lowest BCUT2D eigenvalue weighted by Gasteiger charge is -2.23. The lowest BCUT2D eigenvalue weighted by Crippen LogP contribution is -2.36. The average molecular weight is 255 g/mol. The van der Waals surface area contributed by atoms with Crippen LogP contribution in [0.25, 0.3) is 0 Å². The number of ether oxygens (including phenoxy) is 1. The highest BCUT2D eigenvalue weighted by Crippen LogP contribution is 2.29. The van der Waals surface area contributed by atoms with E-state index in [1.807, 2.05) is 11.3 Å². The quantitative estimate of drug-likeness (QED) is 0.868. The highest BCUT2D eigenvalue weighted by atomic mass is 32.1. The molecule has 0 aliphatic carbocycles. The number of hydrogen-bond donors (Lipinski definition) is 1. The summed E-state index contributed by atoms with van der Waals surface area (Å²) in [4.78, 5) is 2.84. The van der Waals surface area contributed by atoms with Gasteiger partial charge < -0.3 is 10.1 Å². The number of rotatable bonds is 5. The summed E-state index contributed by atoms with van der Waals surface area (Å²) < 4.78 is 5.38. The molecule has 0 saturated carbocycles. The normalized spacial score (nSPS) is 13.1. The zero-order valence-electron chi connectivity index (χ0n) is 11.9. The standard InChI is InChI=1S/C14H25NOS/c1-13(2,3)12-8-7-11(17-12)9-15-10-14(4,5)16-6/h7-8,15H,9-10H2,1-6H3. The van der Waals surface area contributed by atoms with Gasteiger partial charge in [-0.1, -0.05) is 20.8 Å². The molecule has 0 aliphatic heterocycles. The second-order valence-electron chi connectivity index (χ2n) is 6.08. The second-order valence-corrected chi connectivity index (χ2v) is 7.25. The van der Waals surface area contributed by atoms with Crippen LogP contribution < -0.4 is 5.32 Å². The van der Waals surface area contributed by atoms with E-state index in [0.29, 0.717) is 0 Å². The molecule has 17 heavy (non-hydrogen) atoms. The molecule has 1 rings (SSSR count). The smallest absolute Gasteiger partial charge is 0.0746 e. The Morgan fingerprint density at radius 2 is 1.82 bits per heavy atom. The van der Waals surface area contributed by atoms with Crippen molar-refractivity contribution in [1.82, 2.24) is 5.32 Å². The highest BCUT2D eigenvalue weighted by molar-refractivity contribution is 7.12. The average Bonchev–Trinajstić information content (AvgIpc) is 2.66. The molecule has 0 bridgehead atoms. The van der Waals surface area contributed by atoms with Crippen molar-refractivity contribution >= 4 is 11.3 Å². The first kappa shape index (κ1) is 14.7. The van der Waals surface area contributed by atoms with Crippen molar-refractivity contribution in [3.8, 4) is 0 Å². The third kappa shape index (κ3) is 4.78. The Morgan fingerprint density at radius 1 is 1.18 bits per heavy atom. The van der Waals surface area contributed by atoms with Crippen LogP contribution in [0.5, 0.6) is 0 Å². The first-order valence-electron chi connectivity index (χ1n) is 6.10. The fourth-order valence-electron chi connectivity index (χ4n) is 1.43. The van der Waals surface area contributed by atoms with Gasteiger partial charge >= 0.3 is 0 Å². The lowest BCUT2D eigenvalue weighted by atomic mass is 9.95. The van der Waals surface area contributed by atoms with Gasteiger partial charge in [0.25, 0.3) is 0 Å². The summed E-state index contributed by atoms with van der Waals surface area (Å²) in [5, 5.41) is 3.44. The number of methoxy groups -OCH3 is 1. The maximum absolute atomic E-state index is 5.38. The third-order valence-corrected chi connectivity index (χ3v) is 4.31. The van der Waals surface area contributed by atoms with Gasteiger partial charge in [0.05, 0.1) is 5.60 Å². The summed E-state index contributed by atoms with van der Waals surface area (Å²) in [6, 6.07) is 4.46. The monoisotopic (exact) mass is 255 g/mol. The third-order valence-electron chi connectivity index (χ3n) is 2.80. The van der Waals surface area contributed by atoms with Gasteiger partial charge in [-0.15, -0.1) is 11.3 Å². The predicted octanol–water partition coefficient (Wildman–Crippen LogP) is 3.56. The molecule has 0 atom stereocenters. The Bertz CT molecular complexity index is 349. The van der Waals surface area contributed by atoms with E-state index in [4.69, 9.17) is 4.74 Å². The molecule has 1 aromatic rings. The minimum atomic E-state index is -0.0931. The molecule has 0 aromatic carbocycles. The molecule has 0 unspecified atom stereocenters. The van der Waals surface area contributed by atoms with Crippen LogP contribution in [0.1, 0.15) is 44.4 Å². The van der Waals surface area contributed by atoms with Crippen LogP contribution in [-0.4, -0.2) is 19.3 Å². The Balaban J connectivity index is 2.46. The van der Waals surface area contributed by atoms with E-state index in [9.17, 15) is 0 Å². The van der Waals surface area contributed by atoms with Crippen LogP contribution in [-0.2, 0) is 16.7 Å². The molecule has 98 valence electrons. The minimum Gasteiger partial charge on any atom is -0.377 e. The number of hydrogen-bond acceptors (Lipinski definition) is 3. The highest BCUT2D eigenvalue weighted by Gasteiger charge is 2.17. The van der Waals surface area contributed by atoms with Crippen molar-refractivity contribution in [2.75, 3.05) is 13.7 Å². The Kier molecular flexibility index (Phi) is 4.76. The van der Waals surface area contributed by atoms with Gasteiger partial charge in [0.15, 0.2) is 0 Å². The van der Waals surface area contributed by atoms with Crippen LogP contribution in [0.3, 0.4) is 0 Å². The van der Waals surface area contributed by atoms with Crippen LogP contribution in [0, 0.1) is 0 Å². The molecule has 0 spiro atoms. The van der Waals surface area contributed by atoms with Crippen molar-refractivity contribution < 1.29 is 4.74 Å². The van der Waals surface area contributed by atoms with E-state index in [-0.39, 0.29) is 11.0 Å². The summed E-state index contributed by atoms with van der Waals surface area (Å²) in [5.74, 6) is 0. The molecule has 3 heteroatoms. The van der Waals surface area contributed by atoms with Crippen molar-refractivity contribution in [2.45, 2.75) is 52.2 Å². The molecule has 0 aliphatic rings. The molecule has 0 radical (unpaired) electrons. The molecule has 0 amide bonds. The zero-order valence-corrected chi connectivity index (χ0v) is 12.7. The van der Waals surface area contributed by atoms with Crippen molar-refractivity contribution in [3.63, 3.8) is 0 Å². The Hall–Kier alpha value is -0.380. The maximum Gasteiger partial charge on any atom is 0.0746 e. The van der Waals surface area contributed by atoms with E-state index < -0.39 is 0 Å². The fourth-order valence-corrected chi connectivity index (χ4v) is 2.47. The first-order valence-corrected chi connectivity index (χ1v) is 6.91. The molecule has 1 heterocycles. The molecule has 2 nitrogen and oxygen atoms in total. The topological polar surface area (TPSA) is 21.3 Å². The van der Waals surface area contributed by atoms with Crippen molar-refractivity contribution in [3.05, 3.63) is 21.9 Å². The largest absolute Gasteiger partial charge is 0.377 e. The summed E-state index contributed by atoms with van der Waals surface area (Å²) in [6.45, 7) is 12.7. The summed E-state index contributed by atoms with van der Waals surface area (Å²) in [6.07, 6.45) is 0. The lowest BCUT2D eigenvalue weighted by molar-refractivity contribution is 0.0231. The van der Waals surface area contributed by atoms with E-state index in [0.717, 1.165) is 13.1 Å². The first-order chi connectivity index (χ1) is 7.74. The van der Waals surface area contributed by atoms with Crippen LogP contribution in [0.4, 0.5) is 0 Å². The molecule has 1 aromatic heterocycles. The SMILES string of the molecule is COC(C)(C)CNCc1ccc(C(C)(C)C)s1. The van der Waals surface area contributed by atoms with Gasteiger partial charge in [-0.25, -0.2) is 0 Å². The van der Waals surface area contributed by atoms with Crippen LogP contribution >= 0.6 is 11.3 Å². The molecule has 0 saturated heterocycles. The number of nitrogens with one attached hydrogen (secondary N) is 1. The van der Waals surface area contributed by atoms with Gasteiger partial charge in [0.2, 0.25) is 0 Å². The maximum atomic E-state index is 5.38. The van der Waals surface area contributed by atoms with Crippen LogP contribution in [0.15, 0.2) is 12.1 Å². The Labute approximate surface area is 109 Å². The zero-order chi connectivity index (χ0) is 13.1. The van der Waals surface area contributed by atoms with Gasteiger partial charge in [-0.2, -0.15) is 0 Å². The van der Waals surface area contributed by atoms with Crippen molar-refractivity contribution in [1.29, 1.82) is 0 Å². The van der Waals surface area contributed by atoms with Gasteiger partial charge in [-0.3, -0.25) is 0 Å². The second kappa shape index (κ2) is 5.51. The molecular weight excluding hydrogens is 230 g/mol.